The molecule has 3 aromatic rings. The summed E-state index contributed by atoms with van der Waals surface area (Å²) in [5, 5.41) is 3.17. The van der Waals surface area contributed by atoms with E-state index in [2.05, 4.69) is 15.3 Å². The Balaban J connectivity index is 1.86. The van der Waals surface area contributed by atoms with E-state index in [0.29, 0.717) is 35.2 Å². The van der Waals surface area contributed by atoms with Crippen LogP contribution in [0.4, 0.5) is 17.2 Å². The van der Waals surface area contributed by atoms with Gasteiger partial charge in [-0.2, -0.15) is 0 Å². The van der Waals surface area contributed by atoms with Crippen LogP contribution in [-0.2, 0) is 0 Å². The van der Waals surface area contributed by atoms with E-state index >= 15 is 0 Å². The summed E-state index contributed by atoms with van der Waals surface area (Å²) in [4.78, 5) is 23.2. The van der Waals surface area contributed by atoms with E-state index in [1.54, 1.807) is 31.3 Å². The van der Waals surface area contributed by atoms with E-state index < -0.39 is 0 Å². The van der Waals surface area contributed by atoms with Gasteiger partial charge in [-0.3, -0.25) is 4.79 Å². The van der Waals surface area contributed by atoms with Gasteiger partial charge < -0.3 is 19.7 Å². The van der Waals surface area contributed by atoms with Crippen LogP contribution in [-0.4, -0.2) is 36.6 Å². The zero-order valence-electron chi connectivity index (χ0n) is 17.0. The van der Waals surface area contributed by atoms with Crippen LogP contribution in [0.15, 0.2) is 54.9 Å². The molecule has 0 fully saturated rings. The van der Waals surface area contributed by atoms with Crippen LogP contribution < -0.4 is 19.7 Å². The van der Waals surface area contributed by atoms with Crippen molar-refractivity contribution in [2.75, 3.05) is 31.0 Å². The van der Waals surface area contributed by atoms with Gasteiger partial charge in [0.1, 0.15) is 29.3 Å². The first-order valence-corrected chi connectivity index (χ1v) is 9.25. The standard InChI is InChI=1S/C22H24N4O3/c1-5-26(16-8-6-7-15(2)11-16)22(27)19-13-21(24-14-23-19)25-18-10-9-17(28-3)12-20(18)29-4/h6-14H,5H2,1-4H3,(H,23,24,25). The third-order valence-electron chi connectivity index (χ3n) is 4.43. The van der Waals surface area contributed by atoms with Crippen molar-refractivity contribution in [1.29, 1.82) is 0 Å². The van der Waals surface area contributed by atoms with Crippen molar-refractivity contribution < 1.29 is 14.3 Å². The maximum Gasteiger partial charge on any atom is 0.277 e. The highest BCUT2D eigenvalue weighted by atomic mass is 16.5. The predicted octanol–water partition coefficient (Wildman–Crippen LogP) is 4.21. The Morgan fingerprint density at radius 1 is 1.07 bits per heavy atom. The maximum atomic E-state index is 13.1. The monoisotopic (exact) mass is 392 g/mol. The molecule has 2 aromatic carbocycles. The molecule has 1 aromatic heterocycles. The number of rotatable bonds is 7. The highest BCUT2D eigenvalue weighted by Gasteiger charge is 2.18. The minimum atomic E-state index is -0.190. The Bertz CT molecular complexity index is 1010. The number of carbonyl (C=O) groups excluding carboxylic acids is 1. The summed E-state index contributed by atoms with van der Waals surface area (Å²) in [5.41, 5.74) is 2.93. The van der Waals surface area contributed by atoms with Crippen molar-refractivity contribution in [2.24, 2.45) is 0 Å². The molecule has 0 atom stereocenters. The second kappa shape index (κ2) is 9.05. The number of nitrogens with zero attached hydrogens (tertiary/aromatic N) is 3. The normalized spacial score (nSPS) is 10.3. The maximum absolute atomic E-state index is 13.1. The van der Waals surface area contributed by atoms with Crippen molar-refractivity contribution in [3.8, 4) is 11.5 Å². The van der Waals surface area contributed by atoms with Gasteiger partial charge >= 0.3 is 0 Å². The fourth-order valence-corrected chi connectivity index (χ4v) is 2.96. The molecule has 0 saturated carbocycles. The fourth-order valence-electron chi connectivity index (χ4n) is 2.96. The molecule has 0 unspecified atom stereocenters. The number of carbonyl (C=O) groups is 1. The van der Waals surface area contributed by atoms with Gasteiger partial charge in [0, 0.05) is 24.4 Å². The van der Waals surface area contributed by atoms with E-state index in [-0.39, 0.29) is 5.91 Å². The first-order chi connectivity index (χ1) is 14.0. The number of hydrogen-bond donors (Lipinski definition) is 1. The number of hydrogen-bond acceptors (Lipinski definition) is 6. The molecule has 1 heterocycles. The lowest BCUT2D eigenvalue weighted by atomic mass is 10.2. The number of anilines is 3. The van der Waals surface area contributed by atoms with Crippen LogP contribution in [0.2, 0.25) is 0 Å². The van der Waals surface area contributed by atoms with Gasteiger partial charge in [-0.05, 0) is 43.7 Å². The van der Waals surface area contributed by atoms with Crippen LogP contribution in [0, 0.1) is 6.92 Å². The molecule has 0 spiro atoms. The largest absolute Gasteiger partial charge is 0.497 e. The van der Waals surface area contributed by atoms with Crippen LogP contribution in [0.1, 0.15) is 23.0 Å². The summed E-state index contributed by atoms with van der Waals surface area (Å²) in [6.07, 6.45) is 1.37. The van der Waals surface area contributed by atoms with E-state index in [4.69, 9.17) is 9.47 Å². The summed E-state index contributed by atoms with van der Waals surface area (Å²) in [6, 6.07) is 14.9. The summed E-state index contributed by atoms with van der Waals surface area (Å²) >= 11 is 0. The minimum absolute atomic E-state index is 0.190. The van der Waals surface area contributed by atoms with Gasteiger partial charge in [0.05, 0.1) is 19.9 Å². The molecule has 150 valence electrons. The zero-order valence-corrected chi connectivity index (χ0v) is 17.0. The zero-order chi connectivity index (χ0) is 20.8. The molecule has 0 radical (unpaired) electrons. The molecule has 1 amide bonds. The van der Waals surface area contributed by atoms with Gasteiger partial charge in [0.15, 0.2) is 0 Å². The molecule has 7 heteroatoms. The topological polar surface area (TPSA) is 76.6 Å². The van der Waals surface area contributed by atoms with Crippen molar-refractivity contribution in [3.63, 3.8) is 0 Å². The van der Waals surface area contributed by atoms with Crippen LogP contribution in [0.25, 0.3) is 0 Å². The molecular weight excluding hydrogens is 368 g/mol. The Hall–Kier alpha value is -3.61. The smallest absolute Gasteiger partial charge is 0.277 e. The summed E-state index contributed by atoms with van der Waals surface area (Å²) in [6.45, 7) is 4.46. The molecule has 0 bridgehead atoms. The van der Waals surface area contributed by atoms with Gasteiger partial charge in [0.25, 0.3) is 5.91 Å². The number of methoxy groups -OCH3 is 2. The molecule has 29 heavy (non-hydrogen) atoms. The molecule has 7 nitrogen and oxygen atoms in total. The van der Waals surface area contributed by atoms with E-state index in [1.807, 2.05) is 50.2 Å². The Kier molecular flexibility index (Phi) is 6.29. The van der Waals surface area contributed by atoms with Crippen LogP contribution >= 0.6 is 0 Å². The molecule has 0 saturated heterocycles. The third-order valence-corrected chi connectivity index (χ3v) is 4.43. The SMILES string of the molecule is CCN(C(=O)c1cc(Nc2ccc(OC)cc2OC)ncn1)c1cccc(C)c1. The third kappa shape index (κ3) is 4.63. The average molecular weight is 392 g/mol. The quantitative estimate of drug-likeness (QED) is 0.649. The summed E-state index contributed by atoms with van der Waals surface area (Å²) < 4.78 is 10.6. The highest BCUT2D eigenvalue weighted by molar-refractivity contribution is 6.05. The lowest BCUT2D eigenvalue weighted by molar-refractivity contribution is 0.0983. The Morgan fingerprint density at radius 2 is 1.90 bits per heavy atom. The van der Waals surface area contributed by atoms with Gasteiger partial charge in [-0.15, -0.1) is 0 Å². The van der Waals surface area contributed by atoms with E-state index in [0.717, 1.165) is 11.3 Å². The fraction of sp³-hybridized carbons (Fsp3) is 0.227. The number of nitrogens with one attached hydrogen (secondary N) is 1. The molecule has 1 N–H and O–H groups in total. The lowest BCUT2D eigenvalue weighted by Crippen LogP contribution is -2.31. The van der Waals surface area contributed by atoms with Crippen molar-refractivity contribution in [2.45, 2.75) is 13.8 Å². The van der Waals surface area contributed by atoms with Crippen LogP contribution in [0.5, 0.6) is 11.5 Å². The van der Waals surface area contributed by atoms with E-state index in [9.17, 15) is 4.79 Å². The first-order valence-electron chi connectivity index (χ1n) is 9.25. The molecule has 0 aliphatic heterocycles. The molecular formula is C22H24N4O3. The van der Waals surface area contributed by atoms with Crippen LogP contribution in [0.3, 0.4) is 0 Å². The summed E-state index contributed by atoms with van der Waals surface area (Å²) in [5.74, 6) is 1.59. The average Bonchev–Trinajstić information content (AvgIpc) is 2.74. The number of ether oxygens (including phenoxy) is 2. The number of amides is 1. The Labute approximate surface area is 170 Å². The number of benzene rings is 2. The second-order valence-corrected chi connectivity index (χ2v) is 6.37. The van der Waals surface area contributed by atoms with Gasteiger partial charge in [0.2, 0.25) is 0 Å². The highest BCUT2D eigenvalue weighted by Crippen LogP contribution is 2.31. The number of aromatic nitrogens is 2. The molecule has 3 rings (SSSR count). The molecule has 0 aliphatic rings. The van der Waals surface area contributed by atoms with Crippen molar-refractivity contribution >= 4 is 23.1 Å². The van der Waals surface area contributed by atoms with Gasteiger partial charge in [-0.1, -0.05) is 12.1 Å². The lowest BCUT2D eigenvalue weighted by Gasteiger charge is -2.21. The number of aryl methyl sites for hydroxylation is 1. The first kappa shape index (κ1) is 20.1. The Morgan fingerprint density at radius 3 is 2.59 bits per heavy atom. The second-order valence-electron chi connectivity index (χ2n) is 6.37. The van der Waals surface area contributed by atoms with Gasteiger partial charge in [-0.25, -0.2) is 9.97 Å². The van der Waals surface area contributed by atoms with Crippen molar-refractivity contribution in [1.82, 2.24) is 9.97 Å². The predicted molar refractivity (Wildman–Crippen MR) is 113 cm³/mol. The summed E-state index contributed by atoms with van der Waals surface area (Å²) in [7, 11) is 3.17. The van der Waals surface area contributed by atoms with E-state index in [1.165, 1.54) is 6.33 Å². The molecule has 0 aliphatic carbocycles. The minimum Gasteiger partial charge on any atom is -0.497 e. The van der Waals surface area contributed by atoms with Crippen molar-refractivity contribution in [3.05, 3.63) is 66.1 Å².